The van der Waals surface area contributed by atoms with E-state index in [2.05, 4.69) is 16.0 Å². The molecule has 0 rings (SSSR count). The zero-order valence-corrected chi connectivity index (χ0v) is 20.5. The highest BCUT2D eigenvalue weighted by molar-refractivity contribution is 5.96. The summed E-state index contributed by atoms with van der Waals surface area (Å²) in [5.41, 5.74) is 11.2. The van der Waals surface area contributed by atoms with Gasteiger partial charge in [-0.2, -0.15) is 0 Å². The Bertz CT molecular complexity index is 701. The van der Waals surface area contributed by atoms with E-state index in [9.17, 15) is 29.1 Å². The predicted molar refractivity (Wildman–Crippen MR) is 124 cm³/mol. The zero-order valence-electron chi connectivity index (χ0n) is 20.5. The summed E-state index contributed by atoms with van der Waals surface area (Å²) < 4.78 is 0. The number of hydrogen-bond donors (Lipinski definition) is 6. The van der Waals surface area contributed by atoms with Crippen LogP contribution in [0.25, 0.3) is 0 Å². The Morgan fingerprint density at radius 1 is 0.727 bits per heavy atom. The van der Waals surface area contributed by atoms with Gasteiger partial charge in [0, 0.05) is 0 Å². The number of nitrogens with one attached hydrogen (secondary N) is 3. The van der Waals surface area contributed by atoms with Crippen molar-refractivity contribution in [2.45, 2.75) is 91.4 Å². The van der Waals surface area contributed by atoms with Gasteiger partial charge in [0.25, 0.3) is 0 Å². The fraction of sp³-hybridized carbons (Fsp3) is 0.773. The first kappa shape index (κ1) is 30.3. The van der Waals surface area contributed by atoms with Crippen LogP contribution in [0.4, 0.5) is 0 Å². The van der Waals surface area contributed by atoms with Crippen LogP contribution in [0, 0.1) is 17.8 Å². The number of carboxylic acid groups (broad SMARTS) is 1. The van der Waals surface area contributed by atoms with Crippen LogP contribution in [-0.2, 0) is 24.0 Å². The van der Waals surface area contributed by atoms with Gasteiger partial charge < -0.3 is 32.5 Å². The van der Waals surface area contributed by atoms with E-state index >= 15 is 0 Å². The van der Waals surface area contributed by atoms with Crippen molar-refractivity contribution < 1.29 is 29.1 Å². The maximum atomic E-state index is 13.0. The van der Waals surface area contributed by atoms with E-state index in [0.29, 0.717) is 19.3 Å². The molecule has 7 unspecified atom stereocenters. The summed E-state index contributed by atoms with van der Waals surface area (Å²) in [6.07, 6.45) is 1.19. The lowest BCUT2D eigenvalue weighted by Gasteiger charge is -2.29. The number of carbonyl (C=O) groups excluding carboxylic acids is 4. The zero-order chi connectivity index (χ0) is 25.9. The topological polar surface area (TPSA) is 194 Å². The fourth-order valence-electron chi connectivity index (χ4n) is 3.07. The van der Waals surface area contributed by atoms with Crippen molar-refractivity contribution in [1.29, 1.82) is 0 Å². The molecule has 0 aliphatic rings. The van der Waals surface area contributed by atoms with Crippen molar-refractivity contribution in [2.24, 2.45) is 29.2 Å². The summed E-state index contributed by atoms with van der Waals surface area (Å²) in [7, 11) is 0. The molecule has 0 saturated carbocycles. The quantitative estimate of drug-likeness (QED) is 0.191. The predicted octanol–water partition coefficient (Wildman–Crippen LogP) is -0.134. The Morgan fingerprint density at radius 2 is 1.18 bits per heavy atom. The van der Waals surface area contributed by atoms with Crippen LogP contribution >= 0.6 is 0 Å². The largest absolute Gasteiger partial charge is 0.480 e. The standard InChI is InChI=1S/C22H41N5O6/c1-7-11(4)16(24)20(30)25-14(10-15(23)28)19(29)26-17(12(5)8-2)21(31)27-18(22(32)33)13(6)9-3/h11-14,16-18H,7-10,24H2,1-6H3,(H2,23,28)(H,25,30)(H,26,29)(H,27,31)(H,32,33). The van der Waals surface area contributed by atoms with Gasteiger partial charge in [0.15, 0.2) is 0 Å². The summed E-state index contributed by atoms with van der Waals surface area (Å²) in [6, 6.07) is -4.42. The Hall–Kier alpha value is -2.69. The molecule has 0 aromatic heterocycles. The van der Waals surface area contributed by atoms with Gasteiger partial charge in [-0.05, 0) is 17.8 Å². The molecule has 0 spiro atoms. The van der Waals surface area contributed by atoms with Crippen molar-refractivity contribution in [2.75, 3.05) is 0 Å². The number of hydrogen-bond acceptors (Lipinski definition) is 6. The molecule has 0 fully saturated rings. The summed E-state index contributed by atoms with van der Waals surface area (Å²) in [6.45, 7) is 10.7. The summed E-state index contributed by atoms with van der Waals surface area (Å²) in [5.74, 6) is -4.89. The van der Waals surface area contributed by atoms with E-state index < -0.39 is 60.2 Å². The Balaban J connectivity index is 5.66. The highest BCUT2D eigenvalue weighted by atomic mass is 16.4. The monoisotopic (exact) mass is 471 g/mol. The maximum absolute atomic E-state index is 13.0. The molecule has 0 aliphatic carbocycles. The van der Waals surface area contributed by atoms with Gasteiger partial charge in [-0.15, -0.1) is 0 Å². The van der Waals surface area contributed by atoms with Crippen LogP contribution in [0.15, 0.2) is 0 Å². The van der Waals surface area contributed by atoms with Crippen LogP contribution in [0.2, 0.25) is 0 Å². The summed E-state index contributed by atoms with van der Waals surface area (Å²) in [5, 5.41) is 17.0. The molecule has 0 bridgehead atoms. The van der Waals surface area contributed by atoms with Crippen molar-refractivity contribution in [1.82, 2.24) is 16.0 Å². The number of carbonyl (C=O) groups is 5. The molecule has 8 N–H and O–H groups in total. The number of carboxylic acids is 1. The Labute approximate surface area is 195 Å². The average Bonchev–Trinajstić information content (AvgIpc) is 2.77. The fourth-order valence-corrected chi connectivity index (χ4v) is 3.07. The van der Waals surface area contributed by atoms with Crippen LogP contribution < -0.4 is 27.4 Å². The molecule has 0 saturated heterocycles. The SMILES string of the molecule is CCC(C)C(N)C(=O)NC(CC(N)=O)C(=O)NC(C(=O)NC(C(=O)O)C(C)CC)C(C)CC. The minimum atomic E-state index is -1.32. The minimum absolute atomic E-state index is 0.158. The second-order valence-corrected chi connectivity index (χ2v) is 8.72. The second-order valence-electron chi connectivity index (χ2n) is 8.72. The second kappa shape index (κ2) is 14.5. The van der Waals surface area contributed by atoms with Crippen molar-refractivity contribution in [3.05, 3.63) is 0 Å². The third-order valence-corrected chi connectivity index (χ3v) is 6.17. The lowest BCUT2D eigenvalue weighted by molar-refractivity contribution is -0.144. The molecule has 11 nitrogen and oxygen atoms in total. The summed E-state index contributed by atoms with van der Waals surface area (Å²) >= 11 is 0. The van der Waals surface area contributed by atoms with Gasteiger partial charge in [0.2, 0.25) is 23.6 Å². The van der Waals surface area contributed by atoms with Crippen LogP contribution in [0.5, 0.6) is 0 Å². The van der Waals surface area contributed by atoms with E-state index in [1.807, 2.05) is 20.8 Å². The molecule has 4 amide bonds. The molecule has 0 heterocycles. The minimum Gasteiger partial charge on any atom is -0.480 e. The van der Waals surface area contributed by atoms with Gasteiger partial charge in [0.1, 0.15) is 18.1 Å². The van der Waals surface area contributed by atoms with Gasteiger partial charge in [-0.1, -0.05) is 60.8 Å². The molecule has 33 heavy (non-hydrogen) atoms. The average molecular weight is 472 g/mol. The Morgan fingerprint density at radius 3 is 1.61 bits per heavy atom. The highest BCUT2D eigenvalue weighted by Crippen LogP contribution is 2.13. The van der Waals surface area contributed by atoms with Gasteiger partial charge in [-0.3, -0.25) is 19.2 Å². The van der Waals surface area contributed by atoms with Crippen molar-refractivity contribution in [3.63, 3.8) is 0 Å². The van der Waals surface area contributed by atoms with E-state index in [1.165, 1.54) is 0 Å². The number of aliphatic carboxylic acids is 1. The van der Waals surface area contributed by atoms with E-state index in [-0.39, 0.29) is 17.8 Å². The molecule has 0 aliphatic heterocycles. The molecular weight excluding hydrogens is 430 g/mol. The first-order chi connectivity index (χ1) is 15.3. The molecule has 7 atom stereocenters. The van der Waals surface area contributed by atoms with Crippen LogP contribution in [-0.4, -0.2) is 58.9 Å². The van der Waals surface area contributed by atoms with Crippen molar-refractivity contribution >= 4 is 29.6 Å². The molecule has 0 aromatic carbocycles. The van der Waals surface area contributed by atoms with E-state index in [1.54, 1.807) is 20.8 Å². The highest BCUT2D eigenvalue weighted by Gasteiger charge is 2.34. The van der Waals surface area contributed by atoms with Crippen LogP contribution in [0.1, 0.15) is 67.2 Å². The molecule has 11 heteroatoms. The first-order valence-electron chi connectivity index (χ1n) is 11.5. The number of rotatable bonds is 15. The number of primary amides is 1. The normalized spacial score (nSPS) is 17.4. The smallest absolute Gasteiger partial charge is 0.326 e. The third kappa shape index (κ3) is 9.77. The lowest BCUT2D eigenvalue weighted by Crippen LogP contribution is -2.60. The molecule has 0 radical (unpaired) electrons. The molecule has 0 aromatic rings. The maximum Gasteiger partial charge on any atom is 0.326 e. The van der Waals surface area contributed by atoms with Gasteiger partial charge in [0.05, 0.1) is 12.5 Å². The summed E-state index contributed by atoms with van der Waals surface area (Å²) in [4.78, 5) is 61.5. The van der Waals surface area contributed by atoms with E-state index in [0.717, 1.165) is 0 Å². The number of nitrogens with two attached hydrogens (primary N) is 2. The first-order valence-corrected chi connectivity index (χ1v) is 11.5. The van der Waals surface area contributed by atoms with Crippen LogP contribution in [0.3, 0.4) is 0 Å². The van der Waals surface area contributed by atoms with Crippen molar-refractivity contribution in [3.8, 4) is 0 Å². The molecular formula is C22H41N5O6. The third-order valence-electron chi connectivity index (χ3n) is 6.17. The lowest BCUT2D eigenvalue weighted by atomic mass is 9.95. The van der Waals surface area contributed by atoms with Gasteiger partial charge >= 0.3 is 5.97 Å². The van der Waals surface area contributed by atoms with Gasteiger partial charge in [-0.25, -0.2) is 4.79 Å². The number of amides is 4. The Kier molecular flexibility index (Phi) is 13.3. The molecule has 190 valence electrons. The van der Waals surface area contributed by atoms with E-state index in [4.69, 9.17) is 11.5 Å².